The Morgan fingerprint density at radius 3 is 2.17 bits per heavy atom. The van der Waals surface area contributed by atoms with Crippen LogP contribution in [0, 0.1) is 0 Å². The fourth-order valence-electron chi connectivity index (χ4n) is 1.04. The fourth-order valence-corrected chi connectivity index (χ4v) is 1.24. The van der Waals surface area contributed by atoms with E-state index >= 15 is 0 Å². The molecule has 0 unspecified atom stereocenters. The van der Waals surface area contributed by atoms with Gasteiger partial charge in [-0.05, 0) is 19.3 Å². The first-order valence-electron chi connectivity index (χ1n) is 5.07. The first-order chi connectivity index (χ1) is 5.91. The van der Waals surface area contributed by atoms with E-state index in [1.807, 2.05) is 0 Å². The molecule has 0 fully saturated rings. The van der Waals surface area contributed by atoms with Crippen LogP contribution in [0.5, 0.6) is 0 Å². The Labute approximate surface area is 82.3 Å². The summed E-state index contributed by atoms with van der Waals surface area (Å²) in [6, 6.07) is 0. The largest absolute Gasteiger partial charge is 0.381 e. The van der Waals surface area contributed by atoms with Gasteiger partial charge in [0.1, 0.15) is 0 Å². The van der Waals surface area contributed by atoms with Gasteiger partial charge in [-0.1, -0.05) is 38.8 Å². The topological polar surface area (TPSA) is 9.23 Å². The molecule has 0 saturated heterocycles. The van der Waals surface area contributed by atoms with Crippen molar-refractivity contribution in [2.24, 2.45) is 0 Å². The van der Waals surface area contributed by atoms with Crippen molar-refractivity contribution in [3.63, 3.8) is 0 Å². The minimum Gasteiger partial charge on any atom is -0.381 e. The van der Waals surface area contributed by atoms with E-state index in [1.54, 1.807) is 0 Å². The smallest absolute Gasteiger partial charge is 0.0466 e. The molecule has 2 heteroatoms. The van der Waals surface area contributed by atoms with Crippen molar-refractivity contribution >= 4 is 12.6 Å². The quantitative estimate of drug-likeness (QED) is 0.504. The molecule has 0 rings (SSSR count). The molecular weight excluding hydrogens is 168 g/mol. The van der Waals surface area contributed by atoms with Crippen molar-refractivity contribution in [3.05, 3.63) is 0 Å². The van der Waals surface area contributed by atoms with Crippen molar-refractivity contribution in [2.75, 3.05) is 19.0 Å². The maximum absolute atomic E-state index is 5.45. The third-order valence-corrected chi connectivity index (χ3v) is 2.11. The molecule has 1 radical (unpaired) electrons. The predicted molar refractivity (Wildman–Crippen MR) is 56.7 cm³/mol. The fraction of sp³-hybridized carbons (Fsp3) is 1.00. The molecule has 73 valence electrons. The molecule has 0 aliphatic rings. The molecular formula is C10H21OS. The highest BCUT2D eigenvalue weighted by Crippen LogP contribution is 1.99. The van der Waals surface area contributed by atoms with E-state index < -0.39 is 0 Å². The first kappa shape index (κ1) is 12.3. The molecule has 0 aliphatic heterocycles. The number of hydrogen-bond acceptors (Lipinski definition) is 1. The van der Waals surface area contributed by atoms with E-state index in [4.69, 9.17) is 17.4 Å². The Hall–Kier alpha value is 0.310. The van der Waals surface area contributed by atoms with Gasteiger partial charge in [0, 0.05) is 19.0 Å². The number of hydrogen-bond donors (Lipinski definition) is 0. The second kappa shape index (κ2) is 11.3. The van der Waals surface area contributed by atoms with Crippen molar-refractivity contribution in [1.82, 2.24) is 0 Å². The molecule has 0 atom stereocenters. The Kier molecular flexibility index (Phi) is 11.6. The number of unbranched alkanes of at least 4 members (excludes halogenated alkanes) is 4. The maximum atomic E-state index is 5.45. The van der Waals surface area contributed by atoms with Crippen molar-refractivity contribution < 1.29 is 4.74 Å². The molecule has 0 aromatic heterocycles. The zero-order valence-corrected chi connectivity index (χ0v) is 9.00. The van der Waals surface area contributed by atoms with Gasteiger partial charge in [-0.25, -0.2) is 0 Å². The Morgan fingerprint density at radius 1 is 0.917 bits per heavy atom. The van der Waals surface area contributed by atoms with E-state index in [1.165, 1.54) is 38.5 Å². The Morgan fingerprint density at radius 2 is 1.58 bits per heavy atom. The van der Waals surface area contributed by atoms with Crippen LogP contribution in [-0.4, -0.2) is 19.0 Å². The highest BCUT2D eigenvalue weighted by Gasteiger charge is 1.89. The molecule has 0 aliphatic carbocycles. The van der Waals surface area contributed by atoms with E-state index in [0.717, 1.165) is 19.0 Å². The van der Waals surface area contributed by atoms with Crippen LogP contribution < -0.4 is 0 Å². The van der Waals surface area contributed by atoms with Gasteiger partial charge in [0.2, 0.25) is 0 Å². The van der Waals surface area contributed by atoms with Crippen LogP contribution in [0.15, 0.2) is 0 Å². The lowest BCUT2D eigenvalue weighted by molar-refractivity contribution is 0.126. The Balaban J connectivity index is 2.73. The lowest BCUT2D eigenvalue weighted by Gasteiger charge is -2.02. The van der Waals surface area contributed by atoms with Gasteiger partial charge in [-0.2, -0.15) is 0 Å². The van der Waals surface area contributed by atoms with Gasteiger partial charge in [0.25, 0.3) is 0 Å². The third kappa shape index (κ3) is 10.3. The van der Waals surface area contributed by atoms with Gasteiger partial charge >= 0.3 is 0 Å². The minimum absolute atomic E-state index is 0.899. The molecule has 0 N–H and O–H groups in total. The normalized spacial score (nSPS) is 10.5. The van der Waals surface area contributed by atoms with E-state index in [2.05, 4.69) is 6.92 Å². The van der Waals surface area contributed by atoms with Crippen molar-refractivity contribution in [3.8, 4) is 0 Å². The summed E-state index contributed by atoms with van der Waals surface area (Å²) in [5, 5.41) is 0. The summed E-state index contributed by atoms with van der Waals surface area (Å²) < 4.78 is 5.45. The average molecular weight is 189 g/mol. The highest BCUT2D eigenvalue weighted by molar-refractivity contribution is 7.80. The van der Waals surface area contributed by atoms with Gasteiger partial charge < -0.3 is 4.74 Å². The SMILES string of the molecule is CCCCCOCCCCC[S]. The third-order valence-electron chi connectivity index (χ3n) is 1.83. The first-order valence-corrected chi connectivity index (χ1v) is 5.65. The highest BCUT2D eigenvalue weighted by atomic mass is 32.1. The van der Waals surface area contributed by atoms with Crippen molar-refractivity contribution in [1.29, 1.82) is 0 Å². The summed E-state index contributed by atoms with van der Waals surface area (Å²) in [6.07, 6.45) is 7.39. The van der Waals surface area contributed by atoms with Gasteiger partial charge in [-0.15, -0.1) is 0 Å². The average Bonchev–Trinajstić information content (AvgIpc) is 2.10. The second-order valence-corrected chi connectivity index (χ2v) is 3.49. The van der Waals surface area contributed by atoms with Crippen molar-refractivity contribution in [2.45, 2.75) is 45.4 Å². The van der Waals surface area contributed by atoms with Gasteiger partial charge in [-0.3, -0.25) is 0 Å². The van der Waals surface area contributed by atoms with Crippen LogP contribution in [0.1, 0.15) is 45.4 Å². The standard InChI is InChI=1S/C10H21OS/c1-2-3-5-8-11-9-6-4-7-10-12/h2-10H2,1H3. The van der Waals surface area contributed by atoms with Crippen LogP contribution in [0.25, 0.3) is 0 Å². The van der Waals surface area contributed by atoms with Gasteiger partial charge in [0.05, 0.1) is 0 Å². The second-order valence-electron chi connectivity index (χ2n) is 3.08. The molecule has 0 amide bonds. The molecule has 12 heavy (non-hydrogen) atoms. The number of rotatable bonds is 9. The van der Waals surface area contributed by atoms with Gasteiger partial charge in [0.15, 0.2) is 0 Å². The molecule has 0 spiro atoms. The van der Waals surface area contributed by atoms with E-state index in [0.29, 0.717) is 0 Å². The predicted octanol–water partition coefficient (Wildman–Crippen LogP) is 3.56. The van der Waals surface area contributed by atoms with Crippen LogP contribution in [0.2, 0.25) is 0 Å². The zero-order valence-electron chi connectivity index (χ0n) is 8.18. The summed E-state index contributed by atoms with van der Waals surface area (Å²) >= 11 is 4.85. The molecule has 1 nitrogen and oxygen atoms in total. The van der Waals surface area contributed by atoms with Crippen LogP contribution >= 0.6 is 12.6 Å². The van der Waals surface area contributed by atoms with Crippen LogP contribution in [-0.2, 0) is 4.74 Å². The summed E-state index contributed by atoms with van der Waals surface area (Å²) in [7, 11) is 0. The monoisotopic (exact) mass is 189 g/mol. The Bertz CT molecular complexity index is 66.2. The van der Waals surface area contributed by atoms with Crippen LogP contribution in [0.3, 0.4) is 0 Å². The van der Waals surface area contributed by atoms with E-state index in [9.17, 15) is 0 Å². The summed E-state index contributed by atoms with van der Waals surface area (Å²) in [4.78, 5) is 0. The van der Waals surface area contributed by atoms with Crippen LogP contribution in [0.4, 0.5) is 0 Å². The lowest BCUT2D eigenvalue weighted by atomic mass is 10.2. The minimum atomic E-state index is 0.899. The summed E-state index contributed by atoms with van der Waals surface area (Å²) in [6.45, 7) is 4.09. The zero-order chi connectivity index (χ0) is 9.07. The molecule has 0 bridgehead atoms. The summed E-state index contributed by atoms with van der Waals surface area (Å²) in [5.74, 6) is 0.899. The molecule has 0 heterocycles. The number of ether oxygens (including phenoxy) is 1. The maximum Gasteiger partial charge on any atom is 0.0466 e. The molecule has 0 aromatic carbocycles. The summed E-state index contributed by atoms with van der Waals surface area (Å²) in [5.41, 5.74) is 0. The van der Waals surface area contributed by atoms with E-state index in [-0.39, 0.29) is 0 Å². The molecule has 0 aromatic rings. The lowest BCUT2D eigenvalue weighted by Crippen LogP contribution is -1.96. The molecule has 0 saturated carbocycles.